The standard InChI is InChI=1S/C20H23N3O2/c1-2-25-19-9-4-3-8-18(19)10-11-20(24)23(14-6-12-21)16-17-7-5-13-22-15-17/h3-5,7-9,13,15H,2,6,10-11,14,16H2,1H3. The van der Waals surface area contributed by atoms with Gasteiger partial charge in [-0.2, -0.15) is 5.26 Å². The van der Waals surface area contributed by atoms with Gasteiger partial charge < -0.3 is 9.64 Å². The van der Waals surface area contributed by atoms with Gasteiger partial charge >= 0.3 is 0 Å². The van der Waals surface area contributed by atoms with Crippen LogP contribution in [0.3, 0.4) is 0 Å². The molecule has 5 nitrogen and oxygen atoms in total. The number of nitriles is 1. The molecule has 0 unspecified atom stereocenters. The van der Waals surface area contributed by atoms with E-state index in [4.69, 9.17) is 10.00 Å². The highest BCUT2D eigenvalue weighted by molar-refractivity contribution is 5.76. The van der Waals surface area contributed by atoms with Gasteiger partial charge in [-0.1, -0.05) is 24.3 Å². The Bertz CT molecular complexity index is 710. The number of pyridine rings is 1. The fraction of sp³-hybridized carbons (Fsp3) is 0.350. The van der Waals surface area contributed by atoms with Crippen molar-refractivity contribution in [1.82, 2.24) is 9.88 Å². The van der Waals surface area contributed by atoms with Crippen LogP contribution in [-0.2, 0) is 17.8 Å². The summed E-state index contributed by atoms with van der Waals surface area (Å²) in [5.74, 6) is 0.860. The number of carbonyl (C=O) groups is 1. The number of carbonyl (C=O) groups excluding carboxylic acids is 1. The third kappa shape index (κ3) is 5.92. The lowest BCUT2D eigenvalue weighted by Crippen LogP contribution is -2.31. The molecule has 0 saturated heterocycles. The maximum absolute atomic E-state index is 12.7. The van der Waals surface area contributed by atoms with Crippen molar-refractivity contribution in [3.63, 3.8) is 0 Å². The van der Waals surface area contributed by atoms with E-state index < -0.39 is 0 Å². The van der Waals surface area contributed by atoms with Crippen molar-refractivity contribution in [3.8, 4) is 11.8 Å². The van der Waals surface area contributed by atoms with E-state index in [9.17, 15) is 4.79 Å². The normalized spacial score (nSPS) is 10.1. The predicted molar refractivity (Wildman–Crippen MR) is 95.8 cm³/mol. The molecule has 0 N–H and O–H groups in total. The topological polar surface area (TPSA) is 66.2 Å². The molecule has 25 heavy (non-hydrogen) atoms. The first-order valence-corrected chi connectivity index (χ1v) is 8.49. The Balaban J connectivity index is 2.00. The van der Waals surface area contributed by atoms with Crippen molar-refractivity contribution in [2.24, 2.45) is 0 Å². The monoisotopic (exact) mass is 337 g/mol. The smallest absolute Gasteiger partial charge is 0.223 e. The molecule has 0 spiro atoms. The molecule has 1 aromatic carbocycles. The highest BCUT2D eigenvalue weighted by Crippen LogP contribution is 2.20. The number of aryl methyl sites for hydroxylation is 1. The molecule has 2 rings (SSSR count). The third-order valence-electron chi connectivity index (χ3n) is 3.82. The van der Waals surface area contributed by atoms with Crippen molar-refractivity contribution in [2.45, 2.75) is 32.7 Å². The average molecular weight is 337 g/mol. The molecule has 0 aliphatic heterocycles. The maximum Gasteiger partial charge on any atom is 0.223 e. The van der Waals surface area contributed by atoms with E-state index in [0.717, 1.165) is 16.9 Å². The molecule has 0 aliphatic rings. The first-order valence-electron chi connectivity index (χ1n) is 8.49. The minimum atomic E-state index is 0.0328. The van der Waals surface area contributed by atoms with Crippen molar-refractivity contribution in [2.75, 3.05) is 13.2 Å². The minimum Gasteiger partial charge on any atom is -0.494 e. The Kier molecular flexibility index (Phi) is 7.45. The van der Waals surface area contributed by atoms with Gasteiger partial charge in [0, 0.05) is 31.9 Å². The zero-order chi connectivity index (χ0) is 17.9. The van der Waals surface area contributed by atoms with Crippen LogP contribution in [0.5, 0.6) is 5.75 Å². The van der Waals surface area contributed by atoms with Crippen molar-refractivity contribution < 1.29 is 9.53 Å². The van der Waals surface area contributed by atoms with E-state index in [-0.39, 0.29) is 5.91 Å². The second kappa shape index (κ2) is 10.1. The first-order chi connectivity index (χ1) is 12.2. The highest BCUT2D eigenvalue weighted by Gasteiger charge is 2.15. The summed E-state index contributed by atoms with van der Waals surface area (Å²) in [6.45, 7) is 3.44. The Hall–Kier alpha value is -2.87. The summed E-state index contributed by atoms with van der Waals surface area (Å²) in [6.07, 6.45) is 4.77. The molecule has 1 aromatic heterocycles. The Morgan fingerprint density at radius 1 is 1.28 bits per heavy atom. The Labute approximate surface area is 148 Å². The number of hydrogen-bond acceptors (Lipinski definition) is 4. The second-order valence-corrected chi connectivity index (χ2v) is 5.63. The van der Waals surface area contributed by atoms with Crippen LogP contribution in [0.25, 0.3) is 0 Å². The number of rotatable bonds is 9. The van der Waals surface area contributed by atoms with Crippen molar-refractivity contribution >= 4 is 5.91 Å². The number of aromatic nitrogens is 1. The molecule has 130 valence electrons. The number of benzene rings is 1. The molecule has 0 fully saturated rings. The lowest BCUT2D eigenvalue weighted by molar-refractivity contribution is -0.131. The molecule has 1 heterocycles. The summed E-state index contributed by atoms with van der Waals surface area (Å²) in [6, 6.07) is 13.7. The van der Waals surface area contributed by atoms with Crippen LogP contribution in [-0.4, -0.2) is 28.9 Å². The van der Waals surface area contributed by atoms with Gasteiger partial charge in [-0.15, -0.1) is 0 Å². The van der Waals surface area contributed by atoms with Gasteiger partial charge in [0.05, 0.1) is 19.1 Å². The number of ether oxygens (including phenoxy) is 1. The summed E-state index contributed by atoms with van der Waals surface area (Å²) >= 11 is 0. The number of amides is 1. The van der Waals surface area contributed by atoms with Crippen LogP contribution in [0, 0.1) is 11.3 Å². The Morgan fingerprint density at radius 2 is 2.12 bits per heavy atom. The van der Waals surface area contributed by atoms with Gasteiger partial charge in [-0.3, -0.25) is 9.78 Å². The molecule has 0 bridgehead atoms. The lowest BCUT2D eigenvalue weighted by atomic mass is 10.1. The molecule has 0 radical (unpaired) electrons. The number of para-hydroxylation sites is 1. The number of hydrogen-bond donors (Lipinski definition) is 0. The van der Waals surface area contributed by atoms with E-state index in [2.05, 4.69) is 11.1 Å². The molecule has 0 atom stereocenters. The summed E-state index contributed by atoms with van der Waals surface area (Å²) < 4.78 is 5.61. The molecular formula is C20H23N3O2. The van der Waals surface area contributed by atoms with Crippen LogP contribution >= 0.6 is 0 Å². The molecule has 1 amide bonds. The van der Waals surface area contributed by atoms with Crippen LogP contribution in [0.2, 0.25) is 0 Å². The molecule has 0 aliphatic carbocycles. The average Bonchev–Trinajstić information content (AvgIpc) is 2.65. The lowest BCUT2D eigenvalue weighted by Gasteiger charge is -2.22. The van der Waals surface area contributed by atoms with Gasteiger partial charge in [0.15, 0.2) is 0 Å². The zero-order valence-corrected chi connectivity index (χ0v) is 14.5. The quantitative estimate of drug-likeness (QED) is 0.704. The zero-order valence-electron chi connectivity index (χ0n) is 14.5. The van der Waals surface area contributed by atoms with Crippen molar-refractivity contribution in [3.05, 3.63) is 59.9 Å². The largest absolute Gasteiger partial charge is 0.494 e. The van der Waals surface area contributed by atoms with Crippen LogP contribution in [0.4, 0.5) is 0 Å². The van der Waals surface area contributed by atoms with Gasteiger partial charge in [0.1, 0.15) is 5.75 Å². The summed E-state index contributed by atoms with van der Waals surface area (Å²) in [5, 5.41) is 8.85. The predicted octanol–water partition coefficient (Wildman–Crippen LogP) is 3.36. The summed E-state index contributed by atoms with van der Waals surface area (Å²) in [5.41, 5.74) is 1.99. The van der Waals surface area contributed by atoms with E-state index in [1.807, 2.05) is 43.3 Å². The molecule has 0 saturated carbocycles. The summed E-state index contributed by atoms with van der Waals surface area (Å²) in [7, 11) is 0. The van der Waals surface area contributed by atoms with Crippen molar-refractivity contribution in [1.29, 1.82) is 5.26 Å². The molecular weight excluding hydrogens is 314 g/mol. The SMILES string of the molecule is CCOc1ccccc1CCC(=O)N(CCC#N)Cc1cccnc1. The molecule has 2 aromatic rings. The number of nitrogens with zero attached hydrogens (tertiary/aromatic N) is 3. The fourth-order valence-corrected chi connectivity index (χ4v) is 2.60. The fourth-order valence-electron chi connectivity index (χ4n) is 2.60. The third-order valence-corrected chi connectivity index (χ3v) is 3.82. The van der Waals surface area contributed by atoms with E-state index in [1.165, 1.54) is 0 Å². The van der Waals surface area contributed by atoms with E-state index in [0.29, 0.717) is 39.0 Å². The van der Waals surface area contributed by atoms with Gasteiger partial charge in [0.2, 0.25) is 5.91 Å². The maximum atomic E-state index is 12.7. The van der Waals surface area contributed by atoms with Crippen LogP contribution in [0.15, 0.2) is 48.8 Å². The highest BCUT2D eigenvalue weighted by atomic mass is 16.5. The van der Waals surface area contributed by atoms with E-state index >= 15 is 0 Å². The van der Waals surface area contributed by atoms with E-state index in [1.54, 1.807) is 17.3 Å². The van der Waals surface area contributed by atoms with Gasteiger partial charge in [-0.05, 0) is 36.6 Å². The minimum absolute atomic E-state index is 0.0328. The summed E-state index contributed by atoms with van der Waals surface area (Å²) in [4.78, 5) is 18.5. The van der Waals surface area contributed by atoms with Crippen LogP contribution in [0.1, 0.15) is 30.9 Å². The van der Waals surface area contributed by atoms with Gasteiger partial charge in [0.25, 0.3) is 0 Å². The first kappa shape index (κ1) is 18.5. The van der Waals surface area contributed by atoms with Gasteiger partial charge in [-0.25, -0.2) is 0 Å². The molecule has 5 heteroatoms. The Morgan fingerprint density at radius 3 is 2.84 bits per heavy atom. The second-order valence-electron chi connectivity index (χ2n) is 5.63. The van der Waals surface area contributed by atoms with Crippen LogP contribution < -0.4 is 4.74 Å².